The number of halogens is 2. The van der Waals surface area contributed by atoms with Gasteiger partial charge in [0.25, 0.3) is 0 Å². The molecule has 0 heterocycles. The zero-order chi connectivity index (χ0) is 15.2. The molecular formula is C17H19Cl2NO. The van der Waals surface area contributed by atoms with Crippen molar-refractivity contribution in [3.8, 4) is 11.5 Å². The highest BCUT2D eigenvalue weighted by molar-refractivity contribution is 6.31. The Kier molecular flexibility index (Phi) is 5.92. The third kappa shape index (κ3) is 5.24. The Hall–Kier alpha value is -1.22. The molecule has 2 aromatic carbocycles. The maximum atomic E-state index is 6.30. The van der Waals surface area contributed by atoms with E-state index in [2.05, 4.69) is 19.2 Å². The minimum atomic E-state index is 0.622. The highest BCUT2D eigenvalue weighted by Gasteiger charge is 2.04. The summed E-state index contributed by atoms with van der Waals surface area (Å²) in [5, 5.41) is 4.77. The molecule has 0 saturated heterocycles. The lowest BCUT2D eigenvalue weighted by atomic mass is 10.2. The molecule has 0 radical (unpaired) electrons. The van der Waals surface area contributed by atoms with E-state index in [-0.39, 0.29) is 0 Å². The van der Waals surface area contributed by atoms with E-state index in [1.165, 1.54) is 0 Å². The number of nitrogens with one attached hydrogen (secondary N) is 1. The maximum absolute atomic E-state index is 6.30. The Labute approximate surface area is 136 Å². The SMILES string of the molecule is CC(C)CNCc1ccc(Oc2ccc(Cl)cc2)cc1Cl. The topological polar surface area (TPSA) is 21.3 Å². The van der Waals surface area contributed by atoms with Gasteiger partial charge in [0.05, 0.1) is 0 Å². The molecule has 0 fully saturated rings. The van der Waals surface area contributed by atoms with Crippen molar-refractivity contribution in [2.45, 2.75) is 20.4 Å². The molecule has 4 heteroatoms. The molecule has 0 amide bonds. The van der Waals surface area contributed by atoms with Gasteiger partial charge in [0.15, 0.2) is 0 Å². The van der Waals surface area contributed by atoms with Crippen LogP contribution in [-0.4, -0.2) is 6.54 Å². The van der Waals surface area contributed by atoms with Crippen LogP contribution in [-0.2, 0) is 6.54 Å². The molecular weight excluding hydrogens is 305 g/mol. The first-order valence-electron chi connectivity index (χ1n) is 6.97. The fraction of sp³-hybridized carbons (Fsp3) is 0.294. The van der Waals surface area contributed by atoms with E-state index in [1.807, 2.05) is 30.3 Å². The molecule has 2 aromatic rings. The van der Waals surface area contributed by atoms with Gasteiger partial charge < -0.3 is 10.1 Å². The molecule has 2 nitrogen and oxygen atoms in total. The first-order chi connectivity index (χ1) is 10.0. The quantitative estimate of drug-likeness (QED) is 0.754. The fourth-order valence-corrected chi connectivity index (χ4v) is 2.23. The molecule has 0 aliphatic heterocycles. The van der Waals surface area contributed by atoms with Gasteiger partial charge in [-0.05, 0) is 54.4 Å². The van der Waals surface area contributed by atoms with E-state index >= 15 is 0 Å². The Balaban J connectivity index is 1.99. The van der Waals surface area contributed by atoms with Crippen molar-refractivity contribution in [2.75, 3.05) is 6.54 Å². The molecule has 0 unspecified atom stereocenters. The third-order valence-corrected chi connectivity index (χ3v) is 3.55. The number of benzene rings is 2. The molecule has 0 aliphatic carbocycles. The fourth-order valence-electron chi connectivity index (χ4n) is 1.87. The minimum Gasteiger partial charge on any atom is -0.457 e. The summed E-state index contributed by atoms with van der Waals surface area (Å²) in [5.41, 5.74) is 1.07. The summed E-state index contributed by atoms with van der Waals surface area (Å²) < 4.78 is 5.75. The molecule has 0 aliphatic rings. The summed E-state index contributed by atoms with van der Waals surface area (Å²) >= 11 is 12.1. The number of rotatable bonds is 6. The Morgan fingerprint density at radius 3 is 2.29 bits per heavy atom. The Morgan fingerprint density at radius 1 is 1.00 bits per heavy atom. The summed E-state index contributed by atoms with van der Waals surface area (Å²) in [5.74, 6) is 2.08. The van der Waals surface area contributed by atoms with Crippen LogP contribution < -0.4 is 10.1 Å². The van der Waals surface area contributed by atoms with Crippen molar-refractivity contribution in [2.24, 2.45) is 5.92 Å². The highest BCUT2D eigenvalue weighted by atomic mass is 35.5. The van der Waals surface area contributed by atoms with Gasteiger partial charge in [-0.2, -0.15) is 0 Å². The second-order valence-corrected chi connectivity index (χ2v) is 6.18. The smallest absolute Gasteiger partial charge is 0.128 e. The summed E-state index contributed by atoms with van der Waals surface area (Å²) in [6.07, 6.45) is 0. The van der Waals surface area contributed by atoms with Crippen LogP contribution in [0.4, 0.5) is 0 Å². The van der Waals surface area contributed by atoms with Gasteiger partial charge in [-0.15, -0.1) is 0 Å². The summed E-state index contributed by atoms with van der Waals surface area (Å²) in [4.78, 5) is 0. The van der Waals surface area contributed by atoms with Crippen LogP contribution in [0.25, 0.3) is 0 Å². The van der Waals surface area contributed by atoms with Crippen molar-refractivity contribution < 1.29 is 4.74 Å². The average molecular weight is 324 g/mol. The monoisotopic (exact) mass is 323 g/mol. The average Bonchev–Trinajstić information content (AvgIpc) is 2.43. The Morgan fingerprint density at radius 2 is 1.67 bits per heavy atom. The molecule has 112 valence electrons. The van der Waals surface area contributed by atoms with E-state index in [4.69, 9.17) is 27.9 Å². The lowest BCUT2D eigenvalue weighted by molar-refractivity contribution is 0.482. The summed E-state index contributed by atoms with van der Waals surface area (Å²) in [6.45, 7) is 6.09. The molecule has 1 N–H and O–H groups in total. The Bertz CT molecular complexity index is 582. The predicted molar refractivity (Wildman–Crippen MR) is 89.5 cm³/mol. The van der Waals surface area contributed by atoms with Crippen LogP contribution in [0.3, 0.4) is 0 Å². The van der Waals surface area contributed by atoms with Crippen molar-refractivity contribution in [3.05, 3.63) is 58.1 Å². The standard InChI is InChI=1S/C17H19Cl2NO/c1-12(2)10-20-11-13-3-6-16(9-17(13)19)21-15-7-4-14(18)5-8-15/h3-9,12,20H,10-11H2,1-2H3. The zero-order valence-electron chi connectivity index (χ0n) is 12.2. The van der Waals surface area contributed by atoms with Gasteiger partial charge in [0.1, 0.15) is 11.5 Å². The largest absolute Gasteiger partial charge is 0.457 e. The molecule has 0 aromatic heterocycles. The lowest BCUT2D eigenvalue weighted by Gasteiger charge is -2.11. The van der Waals surface area contributed by atoms with Gasteiger partial charge in [-0.3, -0.25) is 0 Å². The molecule has 2 rings (SSSR count). The van der Waals surface area contributed by atoms with E-state index in [0.29, 0.717) is 16.0 Å². The summed E-state index contributed by atoms with van der Waals surface area (Å²) in [7, 11) is 0. The lowest BCUT2D eigenvalue weighted by Crippen LogP contribution is -2.19. The molecule has 21 heavy (non-hydrogen) atoms. The van der Waals surface area contributed by atoms with Gasteiger partial charge in [-0.25, -0.2) is 0 Å². The minimum absolute atomic E-state index is 0.622. The second-order valence-electron chi connectivity index (χ2n) is 5.33. The number of hydrogen-bond acceptors (Lipinski definition) is 2. The van der Waals surface area contributed by atoms with Crippen molar-refractivity contribution >= 4 is 23.2 Å². The molecule has 0 atom stereocenters. The van der Waals surface area contributed by atoms with Crippen molar-refractivity contribution in [3.63, 3.8) is 0 Å². The van der Waals surface area contributed by atoms with Crippen LogP contribution >= 0.6 is 23.2 Å². The number of ether oxygens (including phenoxy) is 1. The van der Waals surface area contributed by atoms with Gasteiger partial charge in [-0.1, -0.05) is 43.1 Å². The zero-order valence-corrected chi connectivity index (χ0v) is 13.7. The molecule has 0 bridgehead atoms. The van der Waals surface area contributed by atoms with E-state index in [1.54, 1.807) is 12.1 Å². The molecule has 0 spiro atoms. The van der Waals surface area contributed by atoms with Crippen molar-refractivity contribution in [1.82, 2.24) is 5.32 Å². The van der Waals surface area contributed by atoms with E-state index in [0.717, 1.165) is 30.2 Å². The highest BCUT2D eigenvalue weighted by Crippen LogP contribution is 2.27. The first-order valence-corrected chi connectivity index (χ1v) is 7.73. The van der Waals surface area contributed by atoms with E-state index < -0.39 is 0 Å². The molecule has 0 saturated carbocycles. The van der Waals surface area contributed by atoms with Crippen molar-refractivity contribution in [1.29, 1.82) is 0 Å². The van der Waals surface area contributed by atoms with Crippen LogP contribution in [0.1, 0.15) is 19.4 Å². The number of hydrogen-bond donors (Lipinski definition) is 1. The normalized spacial score (nSPS) is 10.9. The van der Waals surface area contributed by atoms with E-state index in [9.17, 15) is 0 Å². The van der Waals surface area contributed by atoms with Gasteiger partial charge >= 0.3 is 0 Å². The maximum Gasteiger partial charge on any atom is 0.128 e. The third-order valence-electron chi connectivity index (χ3n) is 2.94. The van der Waals surface area contributed by atoms with Crippen LogP contribution in [0.15, 0.2) is 42.5 Å². The second kappa shape index (κ2) is 7.69. The van der Waals surface area contributed by atoms with Crippen LogP contribution in [0.2, 0.25) is 10.0 Å². The van der Waals surface area contributed by atoms with Gasteiger partial charge in [0, 0.05) is 16.6 Å². The summed E-state index contributed by atoms with van der Waals surface area (Å²) in [6, 6.07) is 13.0. The van der Waals surface area contributed by atoms with Crippen LogP contribution in [0.5, 0.6) is 11.5 Å². The van der Waals surface area contributed by atoms with Crippen LogP contribution in [0, 0.1) is 5.92 Å². The van der Waals surface area contributed by atoms with Gasteiger partial charge in [0.2, 0.25) is 0 Å². The predicted octanol–water partition coefficient (Wildman–Crippen LogP) is 5.53. The first kappa shape index (κ1) is 16.2.